The lowest BCUT2D eigenvalue weighted by atomic mass is 9.99. The molecule has 0 fully saturated rings. The first-order chi connectivity index (χ1) is 7.12. The van der Waals surface area contributed by atoms with Gasteiger partial charge in [0.1, 0.15) is 11.4 Å². The molecule has 1 heterocycles. The minimum absolute atomic E-state index is 0.0718. The maximum atomic E-state index is 8.84. The number of aliphatic hydroxyl groups is 1. The molecule has 0 saturated carbocycles. The Morgan fingerprint density at radius 1 is 1.40 bits per heavy atom. The fraction of sp³-hybridized carbons (Fsp3) is 0.538. The summed E-state index contributed by atoms with van der Waals surface area (Å²) in [5.41, 5.74) is 2.46. The van der Waals surface area contributed by atoms with Crippen LogP contribution in [0.1, 0.15) is 31.4 Å². The summed E-state index contributed by atoms with van der Waals surface area (Å²) in [6, 6.07) is 6.30. The first-order valence-electron chi connectivity index (χ1n) is 5.53. The fourth-order valence-corrected chi connectivity index (χ4v) is 2.15. The number of aryl methyl sites for hydroxylation is 1. The van der Waals surface area contributed by atoms with Gasteiger partial charge in [-0.3, -0.25) is 0 Å². The number of hydrogen-bond acceptors (Lipinski definition) is 2. The zero-order chi connectivity index (χ0) is 10.9. The summed E-state index contributed by atoms with van der Waals surface area (Å²) in [7, 11) is 0. The minimum Gasteiger partial charge on any atom is -0.487 e. The predicted molar refractivity (Wildman–Crippen MR) is 60.3 cm³/mol. The minimum atomic E-state index is -0.0718. The van der Waals surface area contributed by atoms with Gasteiger partial charge in [0.15, 0.2) is 0 Å². The van der Waals surface area contributed by atoms with Gasteiger partial charge in [-0.15, -0.1) is 0 Å². The van der Waals surface area contributed by atoms with E-state index in [0.29, 0.717) is 0 Å². The number of fused-ring (bicyclic) bond motifs is 1. The fourth-order valence-electron chi connectivity index (χ4n) is 2.15. The van der Waals surface area contributed by atoms with Crippen molar-refractivity contribution in [2.24, 2.45) is 0 Å². The third kappa shape index (κ3) is 2.15. The Labute approximate surface area is 90.9 Å². The van der Waals surface area contributed by atoms with Gasteiger partial charge in [0, 0.05) is 13.0 Å². The molecule has 0 aromatic heterocycles. The van der Waals surface area contributed by atoms with E-state index in [0.717, 1.165) is 25.0 Å². The van der Waals surface area contributed by atoms with Crippen molar-refractivity contribution in [1.29, 1.82) is 0 Å². The molecule has 0 bridgehead atoms. The SMILES string of the molecule is CC1(C)Cc2cccc(CCCO)c2O1. The molecule has 0 radical (unpaired) electrons. The molecule has 1 aromatic carbocycles. The van der Waals surface area contributed by atoms with Crippen LogP contribution in [0.25, 0.3) is 0 Å². The maximum Gasteiger partial charge on any atom is 0.126 e. The third-order valence-corrected chi connectivity index (χ3v) is 2.78. The van der Waals surface area contributed by atoms with Crippen LogP contribution in [0.2, 0.25) is 0 Å². The highest BCUT2D eigenvalue weighted by atomic mass is 16.5. The Morgan fingerprint density at radius 3 is 2.93 bits per heavy atom. The van der Waals surface area contributed by atoms with Gasteiger partial charge >= 0.3 is 0 Å². The van der Waals surface area contributed by atoms with Gasteiger partial charge in [0.25, 0.3) is 0 Å². The highest BCUT2D eigenvalue weighted by Crippen LogP contribution is 2.37. The molecule has 0 unspecified atom stereocenters. The summed E-state index contributed by atoms with van der Waals surface area (Å²) in [6.45, 7) is 4.47. The lowest BCUT2D eigenvalue weighted by Gasteiger charge is -2.18. The van der Waals surface area contributed by atoms with Crippen LogP contribution in [0.5, 0.6) is 5.75 Å². The smallest absolute Gasteiger partial charge is 0.126 e. The summed E-state index contributed by atoms with van der Waals surface area (Å²) in [5.74, 6) is 1.05. The molecule has 1 aromatic rings. The van der Waals surface area contributed by atoms with Gasteiger partial charge in [-0.1, -0.05) is 18.2 Å². The summed E-state index contributed by atoms with van der Waals surface area (Å²) in [4.78, 5) is 0. The van der Waals surface area contributed by atoms with E-state index in [9.17, 15) is 0 Å². The van der Waals surface area contributed by atoms with Crippen molar-refractivity contribution in [3.63, 3.8) is 0 Å². The van der Waals surface area contributed by atoms with E-state index in [1.165, 1.54) is 11.1 Å². The van der Waals surface area contributed by atoms with Crippen molar-refractivity contribution >= 4 is 0 Å². The van der Waals surface area contributed by atoms with Crippen LogP contribution in [0, 0.1) is 0 Å². The Hall–Kier alpha value is -1.02. The molecule has 0 atom stereocenters. The van der Waals surface area contributed by atoms with Crippen molar-refractivity contribution in [3.8, 4) is 5.75 Å². The number of benzene rings is 1. The zero-order valence-electron chi connectivity index (χ0n) is 9.42. The Balaban J connectivity index is 2.25. The molecular formula is C13H18O2. The molecular weight excluding hydrogens is 188 g/mol. The lowest BCUT2D eigenvalue weighted by molar-refractivity contribution is 0.137. The van der Waals surface area contributed by atoms with Crippen LogP contribution < -0.4 is 4.74 Å². The number of para-hydroxylation sites is 1. The average Bonchev–Trinajstić information content (AvgIpc) is 2.49. The molecule has 1 N–H and O–H groups in total. The zero-order valence-corrected chi connectivity index (χ0v) is 9.42. The molecule has 0 saturated heterocycles. The van der Waals surface area contributed by atoms with Crippen LogP contribution in [0.3, 0.4) is 0 Å². The molecule has 0 aliphatic carbocycles. The lowest BCUT2D eigenvalue weighted by Crippen LogP contribution is -2.24. The van der Waals surface area contributed by atoms with Gasteiger partial charge in [0.2, 0.25) is 0 Å². The quantitative estimate of drug-likeness (QED) is 0.822. The van der Waals surface area contributed by atoms with Gasteiger partial charge < -0.3 is 9.84 Å². The summed E-state index contributed by atoms with van der Waals surface area (Å²) in [5, 5.41) is 8.84. The second-order valence-corrected chi connectivity index (χ2v) is 4.77. The monoisotopic (exact) mass is 206 g/mol. The molecule has 2 nitrogen and oxygen atoms in total. The molecule has 1 aliphatic heterocycles. The predicted octanol–water partition coefficient (Wildman–Crippen LogP) is 2.33. The van der Waals surface area contributed by atoms with Gasteiger partial charge in [-0.2, -0.15) is 0 Å². The summed E-state index contributed by atoms with van der Waals surface area (Å²) < 4.78 is 5.94. The van der Waals surface area contributed by atoms with Gasteiger partial charge in [-0.25, -0.2) is 0 Å². The summed E-state index contributed by atoms with van der Waals surface area (Å²) in [6.07, 6.45) is 2.69. The van der Waals surface area contributed by atoms with E-state index < -0.39 is 0 Å². The van der Waals surface area contributed by atoms with Crippen LogP contribution in [-0.4, -0.2) is 17.3 Å². The van der Waals surface area contributed by atoms with E-state index in [2.05, 4.69) is 32.0 Å². The van der Waals surface area contributed by atoms with E-state index >= 15 is 0 Å². The molecule has 1 aliphatic rings. The standard InChI is InChI=1S/C13H18O2/c1-13(2)9-11-6-3-5-10(7-4-8-14)12(11)15-13/h3,5-6,14H,4,7-9H2,1-2H3. The van der Waals surface area contributed by atoms with E-state index in [4.69, 9.17) is 9.84 Å². The average molecular weight is 206 g/mol. The molecule has 2 heteroatoms. The molecule has 2 rings (SSSR count). The van der Waals surface area contributed by atoms with Crippen molar-refractivity contribution in [2.75, 3.05) is 6.61 Å². The highest BCUT2D eigenvalue weighted by Gasteiger charge is 2.31. The van der Waals surface area contributed by atoms with Gasteiger partial charge in [-0.05, 0) is 37.8 Å². The molecule has 15 heavy (non-hydrogen) atoms. The van der Waals surface area contributed by atoms with E-state index in [1.807, 2.05) is 0 Å². The number of ether oxygens (including phenoxy) is 1. The molecule has 82 valence electrons. The Bertz CT molecular complexity index is 356. The van der Waals surface area contributed by atoms with Gasteiger partial charge in [0.05, 0.1) is 0 Å². The van der Waals surface area contributed by atoms with Crippen molar-refractivity contribution in [2.45, 2.75) is 38.7 Å². The first-order valence-corrected chi connectivity index (χ1v) is 5.53. The number of hydrogen-bond donors (Lipinski definition) is 1. The van der Waals surface area contributed by atoms with Crippen LogP contribution in [-0.2, 0) is 12.8 Å². The number of rotatable bonds is 3. The topological polar surface area (TPSA) is 29.5 Å². The van der Waals surface area contributed by atoms with Crippen molar-refractivity contribution in [3.05, 3.63) is 29.3 Å². The van der Waals surface area contributed by atoms with E-state index in [1.54, 1.807) is 0 Å². The third-order valence-electron chi connectivity index (χ3n) is 2.78. The van der Waals surface area contributed by atoms with Crippen LogP contribution in [0.4, 0.5) is 0 Å². The Morgan fingerprint density at radius 2 is 2.20 bits per heavy atom. The second kappa shape index (κ2) is 3.86. The molecule has 0 spiro atoms. The van der Waals surface area contributed by atoms with Crippen LogP contribution in [0.15, 0.2) is 18.2 Å². The Kier molecular flexibility index (Phi) is 2.70. The van der Waals surface area contributed by atoms with Crippen molar-refractivity contribution < 1.29 is 9.84 Å². The molecule has 0 amide bonds. The normalized spacial score (nSPS) is 17.3. The highest BCUT2D eigenvalue weighted by molar-refractivity contribution is 5.45. The maximum absolute atomic E-state index is 8.84. The second-order valence-electron chi connectivity index (χ2n) is 4.77. The van der Waals surface area contributed by atoms with E-state index in [-0.39, 0.29) is 12.2 Å². The first kappa shape index (κ1) is 10.5. The number of aliphatic hydroxyl groups excluding tert-OH is 1. The van der Waals surface area contributed by atoms with Crippen molar-refractivity contribution in [1.82, 2.24) is 0 Å². The largest absolute Gasteiger partial charge is 0.487 e. The van der Waals surface area contributed by atoms with Crippen LogP contribution >= 0.6 is 0 Å². The summed E-state index contributed by atoms with van der Waals surface area (Å²) >= 11 is 0.